The first kappa shape index (κ1) is 20.2. The molecule has 154 valence electrons. The van der Waals surface area contributed by atoms with Gasteiger partial charge < -0.3 is 14.5 Å². The Labute approximate surface area is 176 Å². The minimum atomic E-state index is -0.101. The third-order valence-electron chi connectivity index (χ3n) is 5.03. The first-order chi connectivity index (χ1) is 14.0. The van der Waals surface area contributed by atoms with Crippen molar-refractivity contribution in [2.45, 2.75) is 44.5 Å². The quantitative estimate of drug-likeness (QED) is 0.455. The highest BCUT2D eigenvalue weighted by atomic mass is 32.2. The van der Waals surface area contributed by atoms with Crippen molar-refractivity contribution in [1.29, 1.82) is 0 Å². The van der Waals surface area contributed by atoms with Crippen LogP contribution in [0.5, 0.6) is 0 Å². The lowest BCUT2D eigenvalue weighted by Crippen LogP contribution is -2.33. The lowest BCUT2D eigenvalue weighted by atomic mass is 10.2. The van der Waals surface area contributed by atoms with E-state index in [2.05, 4.69) is 5.32 Å². The summed E-state index contributed by atoms with van der Waals surface area (Å²) < 4.78 is 12.6. The van der Waals surface area contributed by atoms with Gasteiger partial charge in [0, 0.05) is 18.0 Å². The Morgan fingerprint density at radius 1 is 1.45 bits per heavy atom. The van der Waals surface area contributed by atoms with E-state index in [9.17, 15) is 9.59 Å². The third-order valence-corrected chi connectivity index (χ3v) is 7.11. The number of aryl methyl sites for hydroxylation is 2. The molecule has 9 heteroatoms. The molecule has 3 aromatic heterocycles. The van der Waals surface area contributed by atoms with Crippen molar-refractivity contribution in [1.82, 2.24) is 14.9 Å². The van der Waals surface area contributed by atoms with Crippen LogP contribution in [-0.4, -0.2) is 40.5 Å². The van der Waals surface area contributed by atoms with E-state index >= 15 is 0 Å². The smallest absolute Gasteiger partial charge is 0.263 e. The highest BCUT2D eigenvalue weighted by Gasteiger charge is 2.19. The zero-order valence-corrected chi connectivity index (χ0v) is 18.0. The maximum absolute atomic E-state index is 13.2. The monoisotopic (exact) mass is 433 g/mol. The fourth-order valence-corrected chi connectivity index (χ4v) is 5.23. The second-order valence-electron chi connectivity index (χ2n) is 7.06. The van der Waals surface area contributed by atoms with Crippen LogP contribution < -0.4 is 10.9 Å². The van der Waals surface area contributed by atoms with Crippen LogP contribution in [0.25, 0.3) is 10.2 Å². The van der Waals surface area contributed by atoms with Gasteiger partial charge in [-0.05, 0) is 44.4 Å². The largest absolute Gasteiger partial charge is 0.467 e. The molecule has 3 aromatic rings. The molecule has 1 fully saturated rings. The number of ether oxygens (including phenoxy) is 1. The number of rotatable bonds is 7. The van der Waals surface area contributed by atoms with Gasteiger partial charge in [0.15, 0.2) is 5.16 Å². The Morgan fingerprint density at radius 3 is 3.03 bits per heavy atom. The average Bonchev–Trinajstić information content (AvgIpc) is 3.44. The molecule has 1 aliphatic rings. The second kappa shape index (κ2) is 8.73. The summed E-state index contributed by atoms with van der Waals surface area (Å²) >= 11 is 2.77. The van der Waals surface area contributed by atoms with Crippen LogP contribution in [0.3, 0.4) is 0 Å². The standard InChI is InChI=1S/C20H23N3O4S2/c1-12-13(2)29-18-17(12)19(25)23(10-15-6-4-8-27-15)20(22-18)28-11-16(24)21-9-14-5-3-7-26-14/h4,6,8,14H,3,5,7,9-11H2,1-2H3,(H,21,24)/t14-/m1/s1. The van der Waals surface area contributed by atoms with Crippen LogP contribution >= 0.6 is 23.1 Å². The first-order valence-corrected chi connectivity index (χ1v) is 11.4. The first-order valence-electron chi connectivity index (χ1n) is 9.57. The van der Waals surface area contributed by atoms with Gasteiger partial charge in [-0.25, -0.2) is 4.98 Å². The minimum absolute atomic E-state index is 0.0945. The lowest BCUT2D eigenvalue weighted by Gasteiger charge is -2.12. The number of carbonyl (C=O) groups is 1. The normalized spacial score (nSPS) is 16.6. The van der Waals surface area contributed by atoms with E-state index in [0.717, 1.165) is 29.9 Å². The summed E-state index contributed by atoms with van der Waals surface area (Å²) in [6.45, 7) is 5.50. The van der Waals surface area contributed by atoms with Crippen molar-refractivity contribution < 1.29 is 13.9 Å². The summed E-state index contributed by atoms with van der Waals surface area (Å²) in [6, 6.07) is 3.61. The predicted octanol–water partition coefficient (Wildman–Crippen LogP) is 3.10. The number of hydrogen-bond acceptors (Lipinski definition) is 7. The fraction of sp³-hybridized carbons (Fsp3) is 0.450. The molecular weight excluding hydrogens is 410 g/mol. The molecule has 1 amide bonds. The Balaban J connectivity index is 1.56. The fourth-order valence-electron chi connectivity index (χ4n) is 3.33. The molecule has 0 bridgehead atoms. The van der Waals surface area contributed by atoms with Gasteiger partial charge in [0.1, 0.15) is 10.6 Å². The molecule has 1 N–H and O–H groups in total. The summed E-state index contributed by atoms with van der Waals surface area (Å²) in [4.78, 5) is 32.0. The lowest BCUT2D eigenvalue weighted by molar-refractivity contribution is -0.119. The molecule has 0 aliphatic carbocycles. The summed E-state index contributed by atoms with van der Waals surface area (Å²) in [5.74, 6) is 0.761. The Kier molecular flexibility index (Phi) is 6.07. The molecule has 0 aromatic carbocycles. The number of furan rings is 1. The van der Waals surface area contributed by atoms with E-state index in [1.165, 1.54) is 23.1 Å². The molecule has 0 radical (unpaired) electrons. The zero-order chi connectivity index (χ0) is 20.4. The molecule has 0 saturated carbocycles. The van der Waals surface area contributed by atoms with Crippen LogP contribution in [0.4, 0.5) is 0 Å². The van der Waals surface area contributed by atoms with E-state index in [4.69, 9.17) is 14.1 Å². The number of carbonyl (C=O) groups excluding carboxylic acids is 1. The van der Waals surface area contributed by atoms with Gasteiger partial charge in [-0.2, -0.15) is 0 Å². The van der Waals surface area contributed by atoms with Gasteiger partial charge in [-0.15, -0.1) is 11.3 Å². The van der Waals surface area contributed by atoms with Gasteiger partial charge in [0.05, 0.1) is 30.1 Å². The predicted molar refractivity (Wildman–Crippen MR) is 114 cm³/mol. The minimum Gasteiger partial charge on any atom is -0.467 e. The van der Waals surface area contributed by atoms with Gasteiger partial charge >= 0.3 is 0 Å². The molecule has 0 spiro atoms. The van der Waals surface area contributed by atoms with Crippen LogP contribution in [0, 0.1) is 13.8 Å². The van der Waals surface area contributed by atoms with Crippen LogP contribution in [-0.2, 0) is 16.1 Å². The summed E-state index contributed by atoms with van der Waals surface area (Å²) in [5, 5.41) is 4.07. The van der Waals surface area contributed by atoms with Crippen molar-refractivity contribution in [3.63, 3.8) is 0 Å². The summed E-state index contributed by atoms with van der Waals surface area (Å²) in [7, 11) is 0. The molecule has 4 rings (SSSR count). The Hall–Kier alpha value is -2.10. The zero-order valence-electron chi connectivity index (χ0n) is 16.4. The van der Waals surface area contributed by atoms with Crippen LogP contribution in [0.2, 0.25) is 0 Å². The second-order valence-corrected chi connectivity index (χ2v) is 9.20. The number of aromatic nitrogens is 2. The third kappa shape index (κ3) is 4.41. The van der Waals surface area contributed by atoms with E-state index < -0.39 is 0 Å². The average molecular weight is 434 g/mol. The van der Waals surface area contributed by atoms with Gasteiger partial charge in [-0.1, -0.05) is 11.8 Å². The number of hydrogen-bond donors (Lipinski definition) is 1. The van der Waals surface area contributed by atoms with Gasteiger partial charge in [0.25, 0.3) is 5.56 Å². The topological polar surface area (TPSA) is 86.4 Å². The van der Waals surface area contributed by atoms with E-state index in [-0.39, 0.29) is 29.9 Å². The van der Waals surface area contributed by atoms with Crippen molar-refractivity contribution >= 4 is 39.2 Å². The molecule has 1 aliphatic heterocycles. The van der Waals surface area contributed by atoms with Crippen molar-refractivity contribution in [2.75, 3.05) is 18.9 Å². The van der Waals surface area contributed by atoms with Crippen LogP contribution in [0.15, 0.2) is 32.8 Å². The SMILES string of the molecule is Cc1sc2nc(SCC(=O)NC[C@H]3CCCO3)n(Cc3ccco3)c(=O)c2c1C. The molecular formula is C20H23N3O4S2. The molecule has 7 nitrogen and oxygen atoms in total. The van der Waals surface area contributed by atoms with Gasteiger partial charge in [-0.3, -0.25) is 14.2 Å². The summed E-state index contributed by atoms with van der Waals surface area (Å²) in [6.07, 6.45) is 3.70. The Morgan fingerprint density at radius 2 is 2.31 bits per heavy atom. The van der Waals surface area contributed by atoms with Crippen molar-refractivity contribution in [2.24, 2.45) is 0 Å². The van der Waals surface area contributed by atoms with E-state index in [1.807, 2.05) is 19.9 Å². The van der Waals surface area contributed by atoms with E-state index in [0.29, 0.717) is 27.7 Å². The van der Waals surface area contributed by atoms with Crippen molar-refractivity contribution in [3.8, 4) is 0 Å². The van der Waals surface area contributed by atoms with Crippen molar-refractivity contribution in [3.05, 3.63) is 45.0 Å². The highest BCUT2D eigenvalue weighted by Crippen LogP contribution is 2.28. The molecule has 1 saturated heterocycles. The maximum Gasteiger partial charge on any atom is 0.263 e. The molecule has 1 atom stereocenters. The van der Waals surface area contributed by atoms with E-state index in [1.54, 1.807) is 16.9 Å². The number of fused-ring (bicyclic) bond motifs is 1. The highest BCUT2D eigenvalue weighted by molar-refractivity contribution is 7.99. The maximum atomic E-state index is 13.2. The molecule has 0 unspecified atom stereocenters. The number of thioether (sulfide) groups is 1. The van der Waals surface area contributed by atoms with Gasteiger partial charge in [0.2, 0.25) is 5.91 Å². The number of nitrogens with one attached hydrogen (secondary N) is 1. The Bertz CT molecular complexity index is 1070. The summed E-state index contributed by atoms with van der Waals surface area (Å²) in [5.41, 5.74) is 0.858. The number of nitrogens with zero attached hydrogens (tertiary/aromatic N) is 2. The van der Waals surface area contributed by atoms with Crippen LogP contribution in [0.1, 0.15) is 29.0 Å². The number of thiophene rings is 1. The molecule has 4 heterocycles. The number of amides is 1. The molecule has 29 heavy (non-hydrogen) atoms.